The second kappa shape index (κ2) is 8.65. The molecule has 0 radical (unpaired) electrons. The van der Waals surface area contributed by atoms with Gasteiger partial charge in [0.05, 0.1) is 24.3 Å². The fourth-order valence-electron chi connectivity index (χ4n) is 2.27. The summed E-state index contributed by atoms with van der Waals surface area (Å²) in [6.45, 7) is 3.59. The summed E-state index contributed by atoms with van der Waals surface area (Å²) in [6, 6.07) is 9.18. The maximum Gasteiger partial charge on any atom is 0.274 e. The number of phenols is 1. The summed E-state index contributed by atoms with van der Waals surface area (Å²) in [6.07, 6.45) is 1.11. The van der Waals surface area contributed by atoms with Gasteiger partial charge in [-0.3, -0.25) is 14.9 Å². The predicted octanol–water partition coefficient (Wildman–Crippen LogP) is 2.57. The number of nitro groups is 1. The highest BCUT2D eigenvalue weighted by molar-refractivity contribution is 5.89. The van der Waals surface area contributed by atoms with Crippen LogP contribution in [0.3, 0.4) is 0 Å². The molecule has 2 aromatic carbocycles. The summed E-state index contributed by atoms with van der Waals surface area (Å²) in [5.41, 5.74) is 3.92. The number of aryl methyl sites for hydroxylation is 1. The minimum absolute atomic E-state index is 0.0425. The first kappa shape index (κ1) is 19.7. The zero-order valence-corrected chi connectivity index (χ0v) is 15.1. The molecule has 9 heteroatoms. The summed E-state index contributed by atoms with van der Waals surface area (Å²) >= 11 is 0. The summed E-state index contributed by atoms with van der Waals surface area (Å²) in [5, 5.41) is 27.8. The minimum atomic E-state index is -0.619. The molecule has 1 amide bonds. The van der Waals surface area contributed by atoms with Crippen molar-refractivity contribution in [3.05, 3.63) is 57.6 Å². The van der Waals surface area contributed by atoms with E-state index in [4.69, 9.17) is 4.74 Å². The van der Waals surface area contributed by atoms with E-state index in [1.807, 2.05) is 31.2 Å². The Labute approximate surface area is 155 Å². The Bertz CT molecular complexity index is 882. The molecule has 0 spiro atoms. The van der Waals surface area contributed by atoms with Gasteiger partial charge in [0.2, 0.25) is 0 Å². The number of non-ortho nitro benzene ring substituents is 1. The fourth-order valence-corrected chi connectivity index (χ4v) is 2.27. The van der Waals surface area contributed by atoms with Crippen LogP contribution < -0.4 is 15.5 Å². The maximum absolute atomic E-state index is 12.1. The summed E-state index contributed by atoms with van der Waals surface area (Å²) < 4.78 is 4.91. The smallest absolute Gasteiger partial charge is 0.274 e. The molecule has 0 bridgehead atoms. The summed E-state index contributed by atoms with van der Waals surface area (Å²) in [7, 11) is 1.28. The van der Waals surface area contributed by atoms with Gasteiger partial charge in [-0.1, -0.05) is 18.2 Å². The molecule has 3 N–H and O–H groups in total. The van der Waals surface area contributed by atoms with Crippen LogP contribution in [0.1, 0.15) is 18.1 Å². The van der Waals surface area contributed by atoms with Crippen LogP contribution in [-0.2, 0) is 4.79 Å². The summed E-state index contributed by atoms with van der Waals surface area (Å²) in [5.74, 6) is -0.787. The first-order valence-corrected chi connectivity index (χ1v) is 8.04. The Morgan fingerprint density at radius 3 is 2.70 bits per heavy atom. The number of hydrazone groups is 1. The van der Waals surface area contributed by atoms with Crippen LogP contribution in [0.2, 0.25) is 0 Å². The van der Waals surface area contributed by atoms with Crippen molar-refractivity contribution in [3.63, 3.8) is 0 Å². The topological polar surface area (TPSA) is 126 Å². The van der Waals surface area contributed by atoms with E-state index in [2.05, 4.69) is 15.8 Å². The first-order valence-electron chi connectivity index (χ1n) is 8.04. The number of rotatable bonds is 7. The second-order valence-electron chi connectivity index (χ2n) is 5.76. The molecule has 2 aromatic rings. The van der Waals surface area contributed by atoms with Crippen molar-refractivity contribution in [2.24, 2.45) is 5.10 Å². The van der Waals surface area contributed by atoms with Crippen molar-refractivity contribution in [3.8, 4) is 11.5 Å². The van der Waals surface area contributed by atoms with Gasteiger partial charge in [-0.2, -0.15) is 5.10 Å². The summed E-state index contributed by atoms with van der Waals surface area (Å²) in [4.78, 5) is 22.5. The van der Waals surface area contributed by atoms with Gasteiger partial charge in [0.25, 0.3) is 11.6 Å². The highest BCUT2D eigenvalue weighted by atomic mass is 16.6. The molecule has 1 atom stereocenters. The Kier molecular flexibility index (Phi) is 6.32. The molecule has 0 saturated heterocycles. The van der Waals surface area contributed by atoms with Gasteiger partial charge in [0.15, 0.2) is 11.5 Å². The highest BCUT2D eigenvalue weighted by Crippen LogP contribution is 2.33. The lowest BCUT2D eigenvalue weighted by Gasteiger charge is -2.15. The molecule has 0 aliphatic rings. The molecular weight excluding hydrogens is 352 g/mol. The molecule has 0 saturated carbocycles. The number of carbonyl (C=O) groups is 1. The molecule has 0 aliphatic heterocycles. The van der Waals surface area contributed by atoms with Gasteiger partial charge < -0.3 is 15.2 Å². The van der Waals surface area contributed by atoms with Crippen LogP contribution in [0, 0.1) is 17.0 Å². The van der Waals surface area contributed by atoms with Crippen molar-refractivity contribution < 1.29 is 19.6 Å². The van der Waals surface area contributed by atoms with E-state index in [0.717, 1.165) is 29.6 Å². The largest absolute Gasteiger partial charge is 0.504 e. The van der Waals surface area contributed by atoms with Gasteiger partial charge in [-0.05, 0) is 25.5 Å². The molecule has 0 fully saturated rings. The third-order valence-electron chi connectivity index (χ3n) is 3.81. The van der Waals surface area contributed by atoms with Gasteiger partial charge >= 0.3 is 0 Å². The quantitative estimate of drug-likeness (QED) is 0.389. The number of phenolic OH excluding ortho intramolecular Hbond substituents is 1. The van der Waals surface area contributed by atoms with E-state index >= 15 is 0 Å². The number of anilines is 1. The lowest BCUT2D eigenvalue weighted by molar-refractivity contribution is -0.385. The number of para-hydroxylation sites is 1. The molecule has 9 nitrogen and oxygen atoms in total. The number of nitrogens with zero attached hydrogens (tertiary/aromatic N) is 2. The van der Waals surface area contributed by atoms with Gasteiger partial charge in [-0.15, -0.1) is 0 Å². The number of amides is 1. The normalized spacial score (nSPS) is 11.8. The van der Waals surface area contributed by atoms with Crippen molar-refractivity contribution in [1.29, 1.82) is 0 Å². The number of hydrogen-bond donors (Lipinski definition) is 3. The Balaban J connectivity index is 2.08. The van der Waals surface area contributed by atoms with Crippen molar-refractivity contribution in [2.45, 2.75) is 19.9 Å². The van der Waals surface area contributed by atoms with Crippen molar-refractivity contribution in [2.75, 3.05) is 12.4 Å². The SMILES string of the molecule is COc1cc([N+](=O)[O-])cc(/C=N\NC(=O)[C@H](C)Nc2ccccc2C)c1O. The molecule has 27 heavy (non-hydrogen) atoms. The van der Waals surface area contributed by atoms with Crippen LogP contribution in [0.5, 0.6) is 11.5 Å². The van der Waals surface area contributed by atoms with Gasteiger partial charge in [0.1, 0.15) is 6.04 Å². The van der Waals surface area contributed by atoms with E-state index in [1.54, 1.807) is 6.92 Å². The molecule has 0 aromatic heterocycles. The van der Waals surface area contributed by atoms with E-state index in [9.17, 15) is 20.0 Å². The molecule has 0 heterocycles. The zero-order valence-electron chi connectivity index (χ0n) is 15.1. The second-order valence-corrected chi connectivity index (χ2v) is 5.76. The van der Waals surface area contributed by atoms with Crippen molar-refractivity contribution in [1.82, 2.24) is 5.43 Å². The van der Waals surface area contributed by atoms with Gasteiger partial charge in [0, 0.05) is 17.3 Å². The van der Waals surface area contributed by atoms with E-state index in [0.29, 0.717) is 0 Å². The minimum Gasteiger partial charge on any atom is -0.504 e. The van der Waals surface area contributed by atoms with Crippen LogP contribution >= 0.6 is 0 Å². The zero-order chi connectivity index (χ0) is 20.0. The number of methoxy groups -OCH3 is 1. The maximum atomic E-state index is 12.1. The number of aromatic hydroxyl groups is 1. The Hall–Kier alpha value is -3.62. The van der Waals surface area contributed by atoms with Crippen LogP contribution in [0.15, 0.2) is 41.5 Å². The molecule has 0 unspecified atom stereocenters. The lowest BCUT2D eigenvalue weighted by Crippen LogP contribution is -2.35. The molecule has 142 valence electrons. The van der Waals surface area contributed by atoms with Crippen LogP contribution in [-0.4, -0.2) is 35.3 Å². The highest BCUT2D eigenvalue weighted by Gasteiger charge is 2.16. The first-order chi connectivity index (χ1) is 12.8. The molecule has 0 aliphatic carbocycles. The monoisotopic (exact) mass is 372 g/mol. The number of ether oxygens (including phenoxy) is 1. The van der Waals surface area contributed by atoms with E-state index < -0.39 is 16.9 Å². The van der Waals surface area contributed by atoms with E-state index in [1.165, 1.54) is 7.11 Å². The van der Waals surface area contributed by atoms with Crippen LogP contribution in [0.25, 0.3) is 0 Å². The third kappa shape index (κ3) is 4.94. The molecule has 2 rings (SSSR count). The lowest BCUT2D eigenvalue weighted by atomic mass is 10.1. The fraction of sp³-hybridized carbons (Fsp3) is 0.222. The molecular formula is C18H20N4O5. The number of nitrogens with one attached hydrogen (secondary N) is 2. The average molecular weight is 372 g/mol. The number of nitro benzene ring substituents is 1. The van der Waals surface area contributed by atoms with E-state index in [-0.39, 0.29) is 22.7 Å². The van der Waals surface area contributed by atoms with Crippen molar-refractivity contribution >= 4 is 23.5 Å². The standard InChI is InChI=1S/C18H20N4O5/c1-11-6-4-5-7-15(11)20-12(2)18(24)21-19-10-13-8-14(22(25)26)9-16(27-3)17(13)23/h4-10,12,20,23H,1-3H3,(H,21,24)/b19-10-/t12-/m0/s1. The predicted molar refractivity (Wildman–Crippen MR) is 101 cm³/mol. The average Bonchev–Trinajstić information content (AvgIpc) is 2.64. The van der Waals surface area contributed by atoms with Crippen LogP contribution in [0.4, 0.5) is 11.4 Å². The number of carbonyl (C=O) groups excluding carboxylic acids is 1. The Morgan fingerprint density at radius 1 is 1.37 bits per heavy atom. The Morgan fingerprint density at radius 2 is 2.07 bits per heavy atom. The number of benzene rings is 2. The number of hydrogen-bond acceptors (Lipinski definition) is 7. The third-order valence-corrected chi connectivity index (χ3v) is 3.81. The van der Waals surface area contributed by atoms with Gasteiger partial charge in [-0.25, -0.2) is 5.43 Å².